The summed E-state index contributed by atoms with van der Waals surface area (Å²) in [6.45, 7) is 3.48. The number of rotatable bonds is 3. The third-order valence-corrected chi connectivity index (χ3v) is 2.70. The third-order valence-electron chi connectivity index (χ3n) is 2.53. The van der Waals surface area contributed by atoms with Crippen LogP contribution in [-0.2, 0) is 0 Å². The zero-order valence-corrected chi connectivity index (χ0v) is 11.1. The molecule has 19 heavy (non-hydrogen) atoms. The van der Waals surface area contributed by atoms with Gasteiger partial charge < -0.3 is 5.32 Å². The molecule has 0 aliphatic heterocycles. The Morgan fingerprint density at radius 1 is 1.21 bits per heavy atom. The molecule has 0 aliphatic carbocycles. The number of nitro groups is 1. The second kappa shape index (κ2) is 5.19. The number of nitrogens with one attached hydrogen (secondary N) is 1. The Morgan fingerprint density at radius 2 is 1.84 bits per heavy atom. The van der Waals surface area contributed by atoms with Crippen molar-refractivity contribution in [2.45, 2.75) is 13.8 Å². The topological polar surface area (TPSA) is 81.0 Å². The van der Waals surface area contributed by atoms with Gasteiger partial charge in [0.25, 0.3) is 0 Å². The van der Waals surface area contributed by atoms with Gasteiger partial charge in [-0.2, -0.15) is 4.98 Å². The normalized spacial score (nSPS) is 10.3. The highest BCUT2D eigenvalue weighted by Gasteiger charge is 2.21. The fourth-order valence-electron chi connectivity index (χ4n) is 1.61. The molecule has 7 heteroatoms. The van der Waals surface area contributed by atoms with E-state index in [9.17, 15) is 10.1 Å². The first-order valence-electron chi connectivity index (χ1n) is 5.49. The number of aromatic nitrogens is 2. The number of hydrogen-bond donors (Lipinski definition) is 1. The van der Waals surface area contributed by atoms with Crippen molar-refractivity contribution in [1.82, 2.24) is 9.97 Å². The molecule has 1 aromatic carbocycles. The molecule has 2 aromatic rings. The molecule has 1 heterocycles. The fraction of sp³-hybridized carbons (Fsp3) is 0.167. The van der Waals surface area contributed by atoms with Crippen LogP contribution in [0.15, 0.2) is 24.3 Å². The molecule has 0 atom stereocenters. The second-order valence-corrected chi connectivity index (χ2v) is 4.36. The third kappa shape index (κ3) is 2.97. The van der Waals surface area contributed by atoms with Gasteiger partial charge in [-0.25, -0.2) is 4.98 Å². The van der Waals surface area contributed by atoms with Crippen molar-refractivity contribution in [3.05, 3.63) is 50.9 Å². The quantitative estimate of drug-likeness (QED) is 0.529. The molecule has 1 N–H and O–H groups in total. The first-order valence-corrected chi connectivity index (χ1v) is 5.87. The Labute approximate surface area is 114 Å². The zero-order valence-electron chi connectivity index (χ0n) is 10.3. The van der Waals surface area contributed by atoms with Gasteiger partial charge in [0, 0.05) is 5.69 Å². The minimum absolute atomic E-state index is 0.0299. The summed E-state index contributed by atoms with van der Waals surface area (Å²) >= 11 is 5.73. The lowest BCUT2D eigenvalue weighted by Crippen LogP contribution is -2.04. The summed E-state index contributed by atoms with van der Waals surface area (Å²) in [4.78, 5) is 18.2. The summed E-state index contributed by atoms with van der Waals surface area (Å²) in [5.74, 6) is 0.0892. The number of nitrogens with zero attached hydrogens (tertiary/aromatic N) is 3. The predicted molar refractivity (Wildman–Crippen MR) is 72.9 cm³/mol. The largest absolute Gasteiger partial charge is 0.334 e. The number of benzene rings is 1. The van der Waals surface area contributed by atoms with Crippen molar-refractivity contribution < 1.29 is 4.92 Å². The Bertz CT molecular complexity index is 628. The van der Waals surface area contributed by atoms with Gasteiger partial charge in [-0.05, 0) is 37.6 Å². The van der Waals surface area contributed by atoms with Gasteiger partial charge >= 0.3 is 5.69 Å². The standard InChI is InChI=1S/C12H11ClN4O2/c1-7-3-5-9(6-4-7)15-11-10(17(18)19)8(2)14-12(13)16-11/h3-6H,1-2H3,(H,14,15,16). The van der Waals surface area contributed by atoms with Crippen LogP contribution in [0.3, 0.4) is 0 Å². The van der Waals surface area contributed by atoms with Gasteiger partial charge in [-0.3, -0.25) is 10.1 Å². The minimum Gasteiger partial charge on any atom is -0.334 e. The minimum atomic E-state index is -0.526. The number of hydrogen-bond acceptors (Lipinski definition) is 5. The average Bonchev–Trinajstić information content (AvgIpc) is 2.30. The molecular formula is C12H11ClN4O2. The van der Waals surface area contributed by atoms with Crippen LogP contribution in [-0.4, -0.2) is 14.9 Å². The fourth-order valence-corrected chi connectivity index (χ4v) is 1.82. The smallest absolute Gasteiger partial charge is 0.332 e. The highest BCUT2D eigenvalue weighted by atomic mass is 35.5. The lowest BCUT2D eigenvalue weighted by molar-refractivity contribution is -0.385. The van der Waals surface area contributed by atoms with E-state index < -0.39 is 4.92 Å². The van der Waals surface area contributed by atoms with E-state index in [1.807, 2.05) is 31.2 Å². The van der Waals surface area contributed by atoms with E-state index in [4.69, 9.17) is 11.6 Å². The SMILES string of the molecule is Cc1ccc(Nc2nc(Cl)nc(C)c2[N+](=O)[O-])cc1. The molecule has 0 bridgehead atoms. The first-order chi connectivity index (χ1) is 8.97. The Morgan fingerprint density at radius 3 is 2.42 bits per heavy atom. The summed E-state index contributed by atoms with van der Waals surface area (Å²) in [5, 5.41) is 13.9. The Kier molecular flexibility index (Phi) is 3.62. The summed E-state index contributed by atoms with van der Waals surface area (Å²) in [5.41, 5.74) is 1.84. The average molecular weight is 279 g/mol. The van der Waals surface area contributed by atoms with Crippen molar-refractivity contribution >= 4 is 28.8 Å². The maximum absolute atomic E-state index is 11.0. The molecule has 2 rings (SSSR count). The summed E-state index contributed by atoms with van der Waals surface area (Å²) in [6, 6.07) is 7.41. The highest BCUT2D eigenvalue weighted by Crippen LogP contribution is 2.29. The van der Waals surface area contributed by atoms with Crippen LogP contribution in [0.4, 0.5) is 17.2 Å². The summed E-state index contributed by atoms with van der Waals surface area (Å²) < 4.78 is 0. The van der Waals surface area contributed by atoms with E-state index in [0.717, 1.165) is 5.56 Å². The van der Waals surface area contributed by atoms with Gasteiger partial charge in [0.05, 0.1) is 4.92 Å². The van der Waals surface area contributed by atoms with Crippen LogP contribution >= 0.6 is 11.6 Å². The Balaban J connectivity index is 2.44. The van der Waals surface area contributed by atoms with Gasteiger partial charge in [-0.1, -0.05) is 17.7 Å². The van der Waals surface area contributed by atoms with Crippen molar-refractivity contribution in [3.63, 3.8) is 0 Å². The van der Waals surface area contributed by atoms with E-state index in [0.29, 0.717) is 5.69 Å². The molecule has 98 valence electrons. The van der Waals surface area contributed by atoms with E-state index in [-0.39, 0.29) is 22.5 Å². The van der Waals surface area contributed by atoms with E-state index in [1.54, 1.807) is 0 Å². The van der Waals surface area contributed by atoms with Crippen LogP contribution < -0.4 is 5.32 Å². The zero-order chi connectivity index (χ0) is 14.0. The molecule has 0 saturated carbocycles. The number of anilines is 2. The van der Waals surface area contributed by atoms with E-state index in [2.05, 4.69) is 15.3 Å². The van der Waals surface area contributed by atoms with Crippen LogP contribution in [0, 0.1) is 24.0 Å². The molecule has 0 saturated heterocycles. The predicted octanol–water partition coefficient (Wildman–Crippen LogP) is 3.40. The summed E-state index contributed by atoms with van der Waals surface area (Å²) in [6.07, 6.45) is 0. The maximum Gasteiger partial charge on any atom is 0.332 e. The van der Waals surface area contributed by atoms with Crippen LogP contribution in [0.25, 0.3) is 0 Å². The molecule has 0 unspecified atom stereocenters. The van der Waals surface area contributed by atoms with Crippen molar-refractivity contribution in [2.24, 2.45) is 0 Å². The van der Waals surface area contributed by atoms with Crippen molar-refractivity contribution in [2.75, 3.05) is 5.32 Å². The van der Waals surface area contributed by atoms with Crippen molar-refractivity contribution in [3.8, 4) is 0 Å². The van der Waals surface area contributed by atoms with E-state index in [1.165, 1.54) is 6.92 Å². The van der Waals surface area contributed by atoms with Gasteiger partial charge in [0.2, 0.25) is 11.1 Å². The monoisotopic (exact) mass is 278 g/mol. The highest BCUT2D eigenvalue weighted by molar-refractivity contribution is 6.28. The molecular weight excluding hydrogens is 268 g/mol. The van der Waals surface area contributed by atoms with Crippen molar-refractivity contribution in [1.29, 1.82) is 0 Å². The van der Waals surface area contributed by atoms with Gasteiger partial charge in [0.1, 0.15) is 5.69 Å². The molecule has 0 aliphatic rings. The van der Waals surface area contributed by atoms with Crippen LogP contribution in [0.1, 0.15) is 11.3 Å². The molecule has 6 nitrogen and oxygen atoms in total. The molecule has 1 aromatic heterocycles. The molecule has 0 amide bonds. The molecule has 0 spiro atoms. The lowest BCUT2D eigenvalue weighted by Gasteiger charge is -2.08. The maximum atomic E-state index is 11.0. The second-order valence-electron chi connectivity index (χ2n) is 4.02. The van der Waals surface area contributed by atoms with Gasteiger partial charge in [-0.15, -0.1) is 0 Å². The van der Waals surface area contributed by atoms with Gasteiger partial charge in [0.15, 0.2) is 0 Å². The first kappa shape index (κ1) is 13.2. The number of aryl methyl sites for hydroxylation is 2. The van der Waals surface area contributed by atoms with Crippen LogP contribution in [0.5, 0.6) is 0 Å². The summed E-state index contributed by atoms with van der Waals surface area (Å²) in [7, 11) is 0. The molecule has 0 fully saturated rings. The molecule has 0 radical (unpaired) electrons. The number of halogens is 1. The lowest BCUT2D eigenvalue weighted by atomic mass is 10.2. The van der Waals surface area contributed by atoms with Crippen LogP contribution in [0.2, 0.25) is 5.28 Å². The van der Waals surface area contributed by atoms with E-state index >= 15 is 0 Å². The Hall–Kier alpha value is -2.21.